The van der Waals surface area contributed by atoms with Crippen LogP contribution in [0.4, 0.5) is 0 Å². The first-order chi connectivity index (χ1) is 12.2. The molecule has 0 bridgehead atoms. The quantitative estimate of drug-likeness (QED) is 0.788. The number of benzene rings is 1. The fraction of sp³-hybridized carbons (Fsp3) is 0.632. The summed E-state index contributed by atoms with van der Waals surface area (Å²) < 4.78 is 17.2. The molecule has 0 radical (unpaired) electrons. The van der Waals surface area contributed by atoms with Gasteiger partial charge < -0.3 is 24.8 Å². The highest BCUT2D eigenvalue weighted by Gasteiger charge is 2.28. The van der Waals surface area contributed by atoms with Crippen LogP contribution < -0.4 is 20.1 Å². The zero-order chi connectivity index (χ0) is 17.6. The first kappa shape index (κ1) is 20.8. The number of ether oxygens (including phenoxy) is 3. The minimum atomic E-state index is -0.321. The van der Waals surface area contributed by atoms with Gasteiger partial charge in [0.05, 0.1) is 25.9 Å². The Hall–Kier alpha value is -1.50. The minimum absolute atomic E-state index is 0. The van der Waals surface area contributed by atoms with Crippen molar-refractivity contribution in [3.63, 3.8) is 0 Å². The van der Waals surface area contributed by atoms with Gasteiger partial charge in [-0.25, -0.2) is 0 Å². The topological polar surface area (TPSA) is 68.8 Å². The monoisotopic (exact) mass is 384 g/mol. The average molecular weight is 385 g/mol. The third-order valence-corrected chi connectivity index (χ3v) is 4.92. The lowest BCUT2D eigenvalue weighted by Gasteiger charge is -2.29. The van der Waals surface area contributed by atoms with Gasteiger partial charge in [0.15, 0.2) is 11.5 Å². The number of para-hydroxylation sites is 1. The number of nitrogens with one attached hydrogen (secondary N) is 2. The van der Waals surface area contributed by atoms with Crippen molar-refractivity contribution >= 4 is 18.3 Å². The van der Waals surface area contributed by atoms with Gasteiger partial charge >= 0.3 is 0 Å². The molecule has 2 atom stereocenters. The minimum Gasteiger partial charge on any atom is -0.493 e. The molecule has 146 valence electrons. The first-order valence-electron chi connectivity index (χ1n) is 9.14. The van der Waals surface area contributed by atoms with E-state index >= 15 is 0 Å². The van der Waals surface area contributed by atoms with Crippen LogP contribution in [0.1, 0.15) is 38.2 Å². The largest absolute Gasteiger partial charge is 0.493 e. The Labute approximate surface area is 161 Å². The van der Waals surface area contributed by atoms with E-state index in [0.29, 0.717) is 25.4 Å². The second kappa shape index (κ2) is 10.00. The second-order valence-electron chi connectivity index (χ2n) is 6.70. The summed E-state index contributed by atoms with van der Waals surface area (Å²) in [5, 5.41) is 6.21. The van der Waals surface area contributed by atoms with Gasteiger partial charge in [-0.05, 0) is 38.7 Å². The number of hydrogen-bond donors (Lipinski definition) is 2. The summed E-state index contributed by atoms with van der Waals surface area (Å²) in [5.41, 5.74) is 0.934. The van der Waals surface area contributed by atoms with E-state index in [-0.39, 0.29) is 36.6 Å². The van der Waals surface area contributed by atoms with E-state index in [1.165, 1.54) is 12.8 Å². The van der Waals surface area contributed by atoms with Crippen LogP contribution in [0.25, 0.3) is 0 Å². The van der Waals surface area contributed by atoms with E-state index in [9.17, 15) is 4.79 Å². The first-order valence-corrected chi connectivity index (χ1v) is 9.14. The van der Waals surface area contributed by atoms with Crippen molar-refractivity contribution in [2.75, 3.05) is 20.3 Å². The highest BCUT2D eigenvalue weighted by atomic mass is 35.5. The van der Waals surface area contributed by atoms with E-state index in [2.05, 4.69) is 10.6 Å². The van der Waals surface area contributed by atoms with Crippen LogP contribution in [0.3, 0.4) is 0 Å². The third kappa shape index (κ3) is 5.02. The van der Waals surface area contributed by atoms with E-state index in [1.54, 1.807) is 7.11 Å². The third-order valence-electron chi connectivity index (χ3n) is 4.92. The molecule has 0 spiro atoms. The highest BCUT2D eigenvalue weighted by molar-refractivity contribution is 5.85. The van der Waals surface area contributed by atoms with Gasteiger partial charge in [0.2, 0.25) is 5.91 Å². The maximum Gasteiger partial charge on any atom is 0.240 e. The average Bonchev–Trinajstić information content (AvgIpc) is 3.14. The van der Waals surface area contributed by atoms with Crippen LogP contribution >= 0.6 is 12.4 Å². The number of morpholine rings is 1. The molecule has 1 amide bonds. The smallest absolute Gasteiger partial charge is 0.240 e. The number of carbonyl (C=O) groups excluding carboxylic acids is 1. The Morgan fingerprint density at radius 1 is 1.35 bits per heavy atom. The van der Waals surface area contributed by atoms with Crippen molar-refractivity contribution in [1.82, 2.24) is 10.6 Å². The van der Waals surface area contributed by atoms with Crippen molar-refractivity contribution in [1.29, 1.82) is 0 Å². The van der Waals surface area contributed by atoms with Crippen molar-refractivity contribution in [2.45, 2.75) is 57.4 Å². The fourth-order valence-corrected chi connectivity index (χ4v) is 3.49. The molecular formula is C19H29ClN2O4. The lowest BCUT2D eigenvalue weighted by molar-refractivity contribution is -0.129. The second-order valence-corrected chi connectivity index (χ2v) is 6.70. The molecule has 2 fully saturated rings. The highest BCUT2D eigenvalue weighted by Crippen LogP contribution is 2.34. The van der Waals surface area contributed by atoms with Gasteiger partial charge in [-0.3, -0.25) is 4.79 Å². The van der Waals surface area contributed by atoms with Gasteiger partial charge in [-0.2, -0.15) is 0 Å². The van der Waals surface area contributed by atoms with Crippen molar-refractivity contribution in [2.24, 2.45) is 0 Å². The zero-order valence-corrected chi connectivity index (χ0v) is 16.3. The fourth-order valence-electron chi connectivity index (χ4n) is 3.49. The van der Waals surface area contributed by atoms with Gasteiger partial charge in [-0.1, -0.05) is 12.1 Å². The molecule has 3 rings (SSSR count). The molecule has 1 aromatic rings. The Balaban J connectivity index is 0.00000243. The molecule has 1 aliphatic heterocycles. The molecule has 1 saturated carbocycles. The Kier molecular flexibility index (Phi) is 8.00. The normalized spacial score (nSPS) is 23.2. The number of amides is 1. The summed E-state index contributed by atoms with van der Waals surface area (Å²) in [6.07, 6.45) is 4.66. The molecule has 0 unspecified atom stereocenters. The SMILES string of the molecule is COc1cccc(CNC(=O)[C@H]2NCCO[C@@H]2C)c1OC1CCCC1.Cl. The molecule has 1 heterocycles. The number of rotatable bonds is 6. The summed E-state index contributed by atoms with van der Waals surface area (Å²) in [4.78, 5) is 12.5. The number of halogens is 1. The standard InChI is InChI=1S/C19H28N2O4.ClH/c1-13-17(20-10-11-24-13)19(22)21-12-14-6-5-9-16(23-2)18(14)25-15-7-3-4-8-15;/h5-6,9,13,15,17,20H,3-4,7-8,10-12H2,1-2H3,(H,21,22);1H/t13-,17+;/m1./s1. The van der Waals surface area contributed by atoms with Crippen LogP contribution in [0.15, 0.2) is 18.2 Å². The van der Waals surface area contributed by atoms with E-state index < -0.39 is 0 Å². The summed E-state index contributed by atoms with van der Waals surface area (Å²) in [7, 11) is 1.64. The summed E-state index contributed by atoms with van der Waals surface area (Å²) in [6, 6.07) is 5.47. The molecule has 2 aliphatic rings. The summed E-state index contributed by atoms with van der Waals surface area (Å²) in [5.74, 6) is 1.41. The number of methoxy groups -OCH3 is 1. The van der Waals surface area contributed by atoms with Gasteiger partial charge in [0.1, 0.15) is 6.04 Å². The molecule has 2 N–H and O–H groups in total. The summed E-state index contributed by atoms with van der Waals surface area (Å²) >= 11 is 0. The van der Waals surface area contributed by atoms with Crippen molar-refractivity contribution in [3.05, 3.63) is 23.8 Å². The molecule has 1 saturated heterocycles. The summed E-state index contributed by atoms with van der Waals surface area (Å²) in [6.45, 7) is 3.65. The van der Waals surface area contributed by atoms with Crippen LogP contribution in [0.5, 0.6) is 11.5 Å². The van der Waals surface area contributed by atoms with Crippen LogP contribution in [-0.2, 0) is 16.1 Å². The van der Waals surface area contributed by atoms with Gasteiger partial charge in [0.25, 0.3) is 0 Å². The molecule has 1 aromatic carbocycles. The number of hydrogen-bond acceptors (Lipinski definition) is 5. The van der Waals surface area contributed by atoms with Gasteiger partial charge in [0, 0.05) is 18.7 Å². The van der Waals surface area contributed by atoms with Gasteiger partial charge in [-0.15, -0.1) is 12.4 Å². The molecule has 0 aromatic heterocycles. The van der Waals surface area contributed by atoms with Crippen molar-refractivity contribution < 1.29 is 19.0 Å². The van der Waals surface area contributed by atoms with E-state index in [4.69, 9.17) is 14.2 Å². The molecule has 6 nitrogen and oxygen atoms in total. The zero-order valence-electron chi connectivity index (χ0n) is 15.5. The van der Waals surface area contributed by atoms with Crippen LogP contribution in [-0.4, -0.2) is 44.4 Å². The molecule has 1 aliphatic carbocycles. The Morgan fingerprint density at radius 3 is 2.81 bits per heavy atom. The van der Waals surface area contributed by atoms with Crippen LogP contribution in [0, 0.1) is 0 Å². The van der Waals surface area contributed by atoms with Crippen LogP contribution in [0.2, 0.25) is 0 Å². The van der Waals surface area contributed by atoms with Crippen molar-refractivity contribution in [3.8, 4) is 11.5 Å². The molecule has 26 heavy (non-hydrogen) atoms. The lowest BCUT2D eigenvalue weighted by Crippen LogP contribution is -2.55. The molecule has 7 heteroatoms. The Bertz CT molecular complexity index is 593. The maximum atomic E-state index is 12.5. The molecular weight excluding hydrogens is 356 g/mol. The number of carbonyl (C=O) groups is 1. The Morgan fingerprint density at radius 2 is 2.12 bits per heavy atom. The van der Waals surface area contributed by atoms with E-state index in [1.807, 2.05) is 25.1 Å². The van der Waals surface area contributed by atoms with E-state index in [0.717, 1.165) is 24.2 Å². The maximum absolute atomic E-state index is 12.5. The predicted molar refractivity (Wildman–Crippen MR) is 102 cm³/mol. The predicted octanol–water partition coefficient (Wildman–Crippen LogP) is 2.43. The lowest BCUT2D eigenvalue weighted by atomic mass is 10.1.